The van der Waals surface area contributed by atoms with Crippen LogP contribution in [0.15, 0.2) is 74.9 Å². The van der Waals surface area contributed by atoms with Crippen LogP contribution in [-0.4, -0.2) is 26.5 Å². The van der Waals surface area contributed by atoms with Crippen LogP contribution in [-0.2, 0) is 0 Å². The SMILES string of the molecule is Fc1c(F)c(F)c(C2=C3C=CC(=N3)C(c3c(F)c(F)c(F)c(F)c3F)=c3ccc([nH]3)=C(c3c(F)c(F)c(F)c(F)c3F)C3=Nc4c(-c5c(F)c(F)c(F)c(F)c5F)c5ccc(n5c4=C3)C(c3c(F)c(F)c(F)c(F)c3F)=C3C=CC2=N3)c(F)c1F. The molecule has 0 amide bonds. The van der Waals surface area contributed by atoms with Crippen molar-refractivity contribution in [3.8, 4) is 11.1 Å². The van der Waals surface area contributed by atoms with E-state index in [2.05, 4.69) is 20.0 Å². The molecule has 1 N–H and O–H groups in total. The number of nitrogens with one attached hydrogen (secondary N) is 1. The fourth-order valence-corrected chi connectivity index (χ4v) is 10.0. The second-order valence-electron chi connectivity index (χ2n) is 18.1. The lowest BCUT2D eigenvalue weighted by Gasteiger charge is -2.15. The highest BCUT2D eigenvalue weighted by Crippen LogP contribution is 2.46. The summed E-state index contributed by atoms with van der Waals surface area (Å²) in [6, 6.07) is 2.09. The number of nitrogens with zero attached hydrogens (tertiary/aromatic N) is 4. The van der Waals surface area contributed by atoms with Crippen molar-refractivity contribution in [2.45, 2.75) is 0 Å². The number of hydrogen-bond donors (Lipinski definition) is 1. The second-order valence-corrected chi connectivity index (χ2v) is 18.1. The number of aromatic nitrogens is 2. The maximum atomic E-state index is 16.5. The summed E-state index contributed by atoms with van der Waals surface area (Å²) in [5.74, 6) is -69.6. The van der Waals surface area contributed by atoms with Crippen molar-refractivity contribution >= 4 is 56.7 Å². The van der Waals surface area contributed by atoms with Gasteiger partial charge in [0.1, 0.15) is 0 Å². The third kappa shape index (κ3) is 7.54. The Morgan fingerprint density at radius 1 is 0.271 bits per heavy atom. The predicted molar refractivity (Wildman–Crippen MR) is 245 cm³/mol. The average molecular weight is 1220 g/mol. The van der Waals surface area contributed by atoms with E-state index < -0.39 is 263 Å². The summed E-state index contributed by atoms with van der Waals surface area (Å²) in [4.78, 5) is 14.0. The molecule has 8 aromatic rings. The molecule has 0 unspecified atom stereocenters. The van der Waals surface area contributed by atoms with Gasteiger partial charge in [0.05, 0.1) is 78.6 Å². The van der Waals surface area contributed by atoms with Crippen LogP contribution >= 0.6 is 0 Å². The molecule has 85 heavy (non-hydrogen) atoms. The number of allylic oxidation sites excluding steroid dienone is 5. The Morgan fingerprint density at radius 2 is 0.576 bits per heavy atom. The molecule has 430 valence electrons. The Bertz CT molecular complexity index is 4850. The molecule has 30 heteroatoms. The molecule has 0 saturated carbocycles. The van der Waals surface area contributed by atoms with Gasteiger partial charge in [-0.3, -0.25) is 0 Å². The molecule has 0 radical (unpaired) electrons. The summed E-state index contributed by atoms with van der Waals surface area (Å²) in [7, 11) is 0. The highest BCUT2D eigenvalue weighted by molar-refractivity contribution is 6.40. The van der Waals surface area contributed by atoms with Crippen molar-refractivity contribution in [2.75, 3.05) is 0 Å². The summed E-state index contributed by atoms with van der Waals surface area (Å²) < 4.78 is 390. The van der Waals surface area contributed by atoms with Crippen molar-refractivity contribution in [1.29, 1.82) is 0 Å². The van der Waals surface area contributed by atoms with Crippen molar-refractivity contribution in [3.05, 3.63) is 249 Å². The number of H-pyrrole nitrogens is 1. The minimum Gasteiger partial charge on any atom is -0.354 e. The molecular formula is C55H10F25N5. The quantitative estimate of drug-likeness (QED) is 0.101. The summed E-state index contributed by atoms with van der Waals surface area (Å²) in [6.07, 6.45) is 2.25. The molecule has 0 spiro atoms. The number of rotatable bonds is 5. The van der Waals surface area contributed by atoms with Crippen LogP contribution < -0.4 is 16.0 Å². The Balaban J connectivity index is 1.37. The average Bonchev–Trinajstić information content (AvgIpc) is 1.69. The largest absolute Gasteiger partial charge is 0.354 e. The summed E-state index contributed by atoms with van der Waals surface area (Å²) in [5, 5.41) is -3.34. The molecule has 8 bridgehead atoms. The lowest BCUT2D eigenvalue weighted by molar-refractivity contribution is 0.376. The van der Waals surface area contributed by atoms with Crippen LogP contribution in [0.1, 0.15) is 27.9 Å². The molecular weight excluding hydrogens is 1210 g/mol. The van der Waals surface area contributed by atoms with Gasteiger partial charge in [-0.2, -0.15) is 0 Å². The molecule has 0 fully saturated rings. The molecule has 7 heterocycles. The summed E-state index contributed by atoms with van der Waals surface area (Å²) in [5.41, 5.74) is -27.4. The molecule has 5 aromatic carbocycles. The maximum Gasteiger partial charge on any atom is 0.200 e. The third-order valence-corrected chi connectivity index (χ3v) is 13.7. The van der Waals surface area contributed by atoms with Gasteiger partial charge in [0.2, 0.25) is 29.1 Å². The van der Waals surface area contributed by atoms with Crippen LogP contribution in [0.4, 0.5) is 115 Å². The van der Waals surface area contributed by atoms with Crippen molar-refractivity contribution in [2.24, 2.45) is 15.0 Å². The zero-order chi connectivity index (χ0) is 61.3. The predicted octanol–water partition coefficient (Wildman–Crippen LogP) is 13.3. The zero-order valence-corrected chi connectivity index (χ0v) is 39.9. The van der Waals surface area contributed by atoms with Crippen LogP contribution in [0, 0.1) is 145 Å². The minimum absolute atomic E-state index is 0.370. The van der Waals surface area contributed by atoms with Gasteiger partial charge < -0.3 is 9.38 Å². The van der Waals surface area contributed by atoms with Crippen LogP contribution in [0.5, 0.6) is 0 Å². The number of aliphatic imine (C=N–C) groups is 3. The Labute approximate surface area is 450 Å². The first kappa shape index (κ1) is 55.6. The molecule has 12 rings (SSSR count). The molecule has 3 aromatic heterocycles. The molecule has 0 aliphatic carbocycles. The van der Waals surface area contributed by atoms with Gasteiger partial charge in [0, 0.05) is 38.6 Å². The second kappa shape index (κ2) is 19.1. The smallest absolute Gasteiger partial charge is 0.200 e. The van der Waals surface area contributed by atoms with E-state index in [-0.39, 0.29) is 0 Å². The third-order valence-electron chi connectivity index (χ3n) is 13.7. The lowest BCUT2D eigenvalue weighted by atomic mass is 9.97. The number of benzene rings is 5. The van der Waals surface area contributed by atoms with E-state index in [1.54, 1.807) is 0 Å². The zero-order valence-electron chi connectivity index (χ0n) is 39.9. The topological polar surface area (TPSA) is 57.3 Å². The lowest BCUT2D eigenvalue weighted by Crippen LogP contribution is -2.24. The van der Waals surface area contributed by atoms with Gasteiger partial charge in [0.15, 0.2) is 116 Å². The van der Waals surface area contributed by atoms with Gasteiger partial charge in [-0.15, -0.1) is 0 Å². The monoisotopic (exact) mass is 1220 g/mol. The summed E-state index contributed by atoms with van der Waals surface area (Å²) >= 11 is 0. The number of fused-ring (bicyclic) bond motifs is 5. The Hall–Kier alpha value is -9.90. The van der Waals surface area contributed by atoms with Crippen molar-refractivity contribution < 1.29 is 110 Å². The Kier molecular flexibility index (Phi) is 12.5. The van der Waals surface area contributed by atoms with Gasteiger partial charge in [-0.1, -0.05) is 0 Å². The molecule has 0 atom stereocenters. The van der Waals surface area contributed by atoms with E-state index in [0.717, 1.165) is 0 Å². The first-order valence-electron chi connectivity index (χ1n) is 23.0. The van der Waals surface area contributed by atoms with E-state index >= 15 is 87.8 Å². The maximum absolute atomic E-state index is 16.5. The Morgan fingerprint density at radius 3 is 0.965 bits per heavy atom. The van der Waals surface area contributed by atoms with E-state index in [9.17, 15) is 22.0 Å². The van der Waals surface area contributed by atoms with E-state index in [1.807, 2.05) is 0 Å². The van der Waals surface area contributed by atoms with E-state index in [0.29, 0.717) is 59.0 Å². The van der Waals surface area contributed by atoms with Gasteiger partial charge >= 0.3 is 0 Å². The first-order chi connectivity index (χ1) is 40.1. The number of halogens is 25. The number of aromatic amines is 1. The van der Waals surface area contributed by atoms with Crippen molar-refractivity contribution in [1.82, 2.24) is 9.38 Å². The first-order valence-corrected chi connectivity index (χ1v) is 23.0. The highest BCUT2D eigenvalue weighted by atomic mass is 19.2. The van der Waals surface area contributed by atoms with E-state index in [1.165, 1.54) is 0 Å². The molecule has 4 aliphatic heterocycles. The van der Waals surface area contributed by atoms with Crippen LogP contribution in [0.25, 0.3) is 45.0 Å². The van der Waals surface area contributed by atoms with Crippen molar-refractivity contribution in [3.63, 3.8) is 0 Å². The standard InChI is InChI=1S/C55H10F25N5/c56-30-25(31(57)41(67)50(76)40(30)66)20-10-1-2-11(81-10)21(26-32(58)42(68)51(77)43(69)33(26)59)13-5-6-15(83-13)23(28-36(62)46(72)53(79)47(73)37(28)63)17-7-8-18-24(29-38(64)48(74)54(80)49(75)39(29)65)55-19(85(17)18)9-16(84-55)22(14-4-3-12(20)82-14)27-34(60)44(70)52(78)45(71)35(27)61/h1-9,82H. The van der Waals surface area contributed by atoms with Gasteiger partial charge in [0.25, 0.3) is 0 Å². The van der Waals surface area contributed by atoms with Crippen LogP contribution in [0.3, 0.4) is 0 Å². The molecule has 4 aliphatic rings. The normalized spacial score (nSPS) is 14.7. The minimum atomic E-state index is -2.87. The van der Waals surface area contributed by atoms with E-state index in [4.69, 9.17) is 0 Å². The number of hydrogen-bond acceptors (Lipinski definition) is 3. The van der Waals surface area contributed by atoms with Gasteiger partial charge in [-0.25, -0.2) is 125 Å². The highest BCUT2D eigenvalue weighted by Gasteiger charge is 2.40. The molecule has 5 nitrogen and oxygen atoms in total. The molecule has 0 saturated heterocycles. The fraction of sp³-hybridized carbons (Fsp3) is 0. The fourth-order valence-electron chi connectivity index (χ4n) is 10.0. The van der Waals surface area contributed by atoms with Gasteiger partial charge in [-0.05, 0) is 54.6 Å². The van der Waals surface area contributed by atoms with Crippen LogP contribution in [0.2, 0.25) is 0 Å². The summed E-state index contributed by atoms with van der Waals surface area (Å²) in [6.45, 7) is 0.